The molecule has 1 aliphatic heterocycles. The van der Waals surface area contributed by atoms with Gasteiger partial charge >= 0.3 is 0 Å². The molecule has 0 fully saturated rings. The van der Waals surface area contributed by atoms with E-state index in [9.17, 15) is 4.39 Å². The van der Waals surface area contributed by atoms with Gasteiger partial charge < -0.3 is 5.32 Å². The number of benzene rings is 1. The van der Waals surface area contributed by atoms with E-state index in [1.807, 2.05) is 6.07 Å². The van der Waals surface area contributed by atoms with Crippen LogP contribution in [0.25, 0.3) is 0 Å². The number of hydrogen-bond acceptors (Lipinski definition) is 3. The van der Waals surface area contributed by atoms with Crippen LogP contribution in [-0.2, 0) is 13.0 Å². The fourth-order valence-corrected chi connectivity index (χ4v) is 4.72. The molecule has 4 heteroatoms. The van der Waals surface area contributed by atoms with E-state index < -0.39 is 0 Å². The summed E-state index contributed by atoms with van der Waals surface area (Å²) in [6, 6.07) is 7.90. The Hall–Kier alpha value is -0.840. The second kappa shape index (κ2) is 6.29. The number of thioether (sulfide) groups is 1. The quantitative estimate of drug-likeness (QED) is 0.872. The molecule has 0 saturated heterocycles. The van der Waals surface area contributed by atoms with Crippen molar-refractivity contribution in [3.63, 3.8) is 0 Å². The molecule has 1 aliphatic rings. The van der Waals surface area contributed by atoms with Crippen LogP contribution in [0.2, 0.25) is 0 Å². The van der Waals surface area contributed by atoms with Gasteiger partial charge in [0.25, 0.3) is 0 Å². The Morgan fingerprint density at radius 3 is 3.10 bits per heavy atom. The van der Waals surface area contributed by atoms with Gasteiger partial charge in [-0.15, -0.1) is 23.1 Å². The van der Waals surface area contributed by atoms with Crippen LogP contribution < -0.4 is 5.32 Å². The van der Waals surface area contributed by atoms with E-state index in [4.69, 9.17) is 0 Å². The minimum absolute atomic E-state index is 0.0793. The second-order valence-corrected chi connectivity index (χ2v) is 7.06. The van der Waals surface area contributed by atoms with E-state index in [0.717, 1.165) is 35.6 Å². The molecule has 1 unspecified atom stereocenters. The topological polar surface area (TPSA) is 12.0 Å². The number of hydrogen-bond donors (Lipinski definition) is 1. The van der Waals surface area contributed by atoms with Crippen molar-refractivity contribution < 1.29 is 4.39 Å². The highest BCUT2D eigenvalue weighted by atomic mass is 32.2. The Morgan fingerprint density at radius 1 is 1.35 bits per heavy atom. The van der Waals surface area contributed by atoms with E-state index in [2.05, 4.69) is 29.8 Å². The van der Waals surface area contributed by atoms with Crippen LogP contribution in [0.5, 0.6) is 0 Å². The molecule has 2 aromatic rings. The van der Waals surface area contributed by atoms with Gasteiger partial charge in [0.05, 0.1) is 0 Å². The van der Waals surface area contributed by atoms with Gasteiger partial charge in [0.2, 0.25) is 0 Å². The third-order valence-corrected chi connectivity index (χ3v) is 5.88. The number of fused-ring (bicyclic) bond motifs is 1. The lowest BCUT2D eigenvalue weighted by Gasteiger charge is -2.26. The van der Waals surface area contributed by atoms with E-state index >= 15 is 0 Å². The van der Waals surface area contributed by atoms with Crippen LogP contribution in [0.4, 0.5) is 4.39 Å². The van der Waals surface area contributed by atoms with Crippen molar-refractivity contribution in [3.8, 4) is 0 Å². The van der Waals surface area contributed by atoms with Crippen molar-refractivity contribution >= 4 is 23.1 Å². The summed E-state index contributed by atoms with van der Waals surface area (Å²) in [5.41, 5.74) is 2.54. The highest BCUT2D eigenvalue weighted by molar-refractivity contribution is 7.99. The predicted octanol–water partition coefficient (Wildman–Crippen LogP) is 4.78. The molecule has 1 N–H and O–H groups in total. The zero-order valence-electron chi connectivity index (χ0n) is 11.5. The molecular formula is C16H18FNS2. The number of aryl methyl sites for hydroxylation is 1. The number of halogens is 1. The summed E-state index contributed by atoms with van der Waals surface area (Å²) < 4.78 is 13.8. The number of nitrogens with one attached hydrogen (secondary N) is 1. The highest BCUT2D eigenvalue weighted by Crippen LogP contribution is 2.38. The van der Waals surface area contributed by atoms with Crippen molar-refractivity contribution in [1.82, 2.24) is 5.32 Å². The van der Waals surface area contributed by atoms with Gasteiger partial charge in [-0.2, -0.15) is 0 Å². The summed E-state index contributed by atoms with van der Waals surface area (Å²) in [7, 11) is 0. The molecular weight excluding hydrogens is 289 g/mol. The molecule has 0 saturated carbocycles. The van der Waals surface area contributed by atoms with Crippen LogP contribution in [0.3, 0.4) is 0 Å². The van der Waals surface area contributed by atoms with E-state index in [1.165, 1.54) is 10.4 Å². The highest BCUT2D eigenvalue weighted by Gasteiger charge is 2.22. The standard InChI is InChI=1S/C16H18FNS2/c1-2-11-6-8-19-15(11)10-18-14-7-9-20-16-12(14)4-3-5-13(16)17/h3-6,8,14,18H,2,7,9-10H2,1H3. The second-order valence-electron chi connectivity index (χ2n) is 4.95. The number of rotatable bonds is 4. The van der Waals surface area contributed by atoms with Gasteiger partial charge in [0.1, 0.15) is 5.82 Å². The third kappa shape index (κ3) is 2.78. The number of thiophene rings is 1. The largest absolute Gasteiger partial charge is 0.305 e. The molecule has 1 nitrogen and oxygen atoms in total. The fourth-order valence-electron chi connectivity index (χ4n) is 2.65. The minimum Gasteiger partial charge on any atom is -0.305 e. The Morgan fingerprint density at radius 2 is 2.25 bits per heavy atom. The molecule has 3 rings (SSSR count). The van der Waals surface area contributed by atoms with Gasteiger partial charge in [0.15, 0.2) is 0 Å². The molecule has 0 bridgehead atoms. The fraction of sp³-hybridized carbons (Fsp3) is 0.375. The predicted molar refractivity (Wildman–Crippen MR) is 85.0 cm³/mol. The van der Waals surface area contributed by atoms with Crippen LogP contribution in [0.15, 0.2) is 34.5 Å². The average molecular weight is 307 g/mol. The normalized spacial score (nSPS) is 18.0. The summed E-state index contributed by atoms with van der Waals surface area (Å²) >= 11 is 3.44. The maximum absolute atomic E-state index is 13.8. The van der Waals surface area contributed by atoms with E-state index in [1.54, 1.807) is 29.2 Å². The van der Waals surface area contributed by atoms with Crippen LogP contribution >= 0.6 is 23.1 Å². The summed E-state index contributed by atoms with van der Waals surface area (Å²) in [4.78, 5) is 2.24. The Bertz CT molecular complexity index is 594. The molecule has 1 atom stereocenters. The first kappa shape index (κ1) is 14.1. The molecule has 1 aromatic heterocycles. The molecule has 20 heavy (non-hydrogen) atoms. The Balaban J connectivity index is 1.75. The van der Waals surface area contributed by atoms with Crippen molar-refractivity contribution in [2.45, 2.75) is 37.2 Å². The first-order valence-corrected chi connectivity index (χ1v) is 8.86. The van der Waals surface area contributed by atoms with Gasteiger partial charge in [-0.1, -0.05) is 19.1 Å². The molecule has 2 heterocycles. The monoisotopic (exact) mass is 307 g/mol. The lowest BCUT2D eigenvalue weighted by Crippen LogP contribution is -2.24. The summed E-state index contributed by atoms with van der Waals surface area (Å²) in [5.74, 6) is 0.904. The maximum Gasteiger partial charge on any atom is 0.137 e. The van der Waals surface area contributed by atoms with E-state index in [-0.39, 0.29) is 11.9 Å². The Kier molecular flexibility index (Phi) is 4.44. The van der Waals surface area contributed by atoms with Crippen molar-refractivity contribution in [2.75, 3.05) is 5.75 Å². The lowest BCUT2D eigenvalue weighted by molar-refractivity contribution is 0.498. The first-order valence-electron chi connectivity index (χ1n) is 6.99. The molecule has 106 valence electrons. The molecule has 0 radical (unpaired) electrons. The van der Waals surface area contributed by atoms with Crippen molar-refractivity contribution in [3.05, 3.63) is 51.5 Å². The van der Waals surface area contributed by atoms with Gasteiger partial charge in [-0.25, -0.2) is 4.39 Å². The SMILES string of the molecule is CCc1ccsc1CNC1CCSc2c(F)cccc21. The zero-order valence-corrected chi connectivity index (χ0v) is 13.1. The van der Waals surface area contributed by atoms with Crippen LogP contribution in [0, 0.1) is 5.82 Å². The van der Waals surface area contributed by atoms with Crippen molar-refractivity contribution in [2.24, 2.45) is 0 Å². The van der Waals surface area contributed by atoms with Gasteiger partial charge in [-0.05, 0) is 47.2 Å². The molecule has 0 aliphatic carbocycles. The maximum atomic E-state index is 13.8. The minimum atomic E-state index is -0.0793. The zero-order chi connectivity index (χ0) is 13.9. The molecule has 0 spiro atoms. The lowest BCUT2D eigenvalue weighted by atomic mass is 10.0. The van der Waals surface area contributed by atoms with Gasteiger partial charge in [-0.3, -0.25) is 0 Å². The van der Waals surface area contributed by atoms with E-state index in [0.29, 0.717) is 0 Å². The molecule has 1 aromatic carbocycles. The van der Waals surface area contributed by atoms with Crippen LogP contribution in [-0.4, -0.2) is 5.75 Å². The summed E-state index contributed by atoms with van der Waals surface area (Å²) in [6.45, 7) is 3.07. The Labute approximate surface area is 127 Å². The first-order chi connectivity index (χ1) is 9.79. The smallest absolute Gasteiger partial charge is 0.137 e. The van der Waals surface area contributed by atoms with Crippen LogP contribution in [0.1, 0.15) is 35.4 Å². The summed E-state index contributed by atoms with van der Waals surface area (Å²) in [5, 5.41) is 5.77. The summed E-state index contributed by atoms with van der Waals surface area (Å²) in [6.07, 6.45) is 2.14. The molecule has 0 amide bonds. The third-order valence-electron chi connectivity index (χ3n) is 3.75. The van der Waals surface area contributed by atoms with Gasteiger partial charge in [0, 0.05) is 22.4 Å². The van der Waals surface area contributed by atoms with Crippen molar-refractivity contribution in [1.29, 1.82) is 0 Å². The average Bonchev–Trinajstić information content (AvgIpc) is 2.93.